The van der Waals surface area contributed by atoms with Gasteiger partial charge in [-0.1, -0.05) is 0 Å². The number of ether oxygens (including phenoxy) is 1. The second kappa shape index (κ2) is 9.51. The molecule has 0 aromatic carbocycles. The topological polar surface area (TPSA) is 179 Å². The van der Waals surface area contributed by atoms with E-state index in [0.717, 1.165) is 0 Å². The Kier molecular flexibility index (Phi) is 9.89. The quantitative estimate of drug-likeness (QED) is 0.325. The van der Waals surface area contributed by atoms with E-state index in [2.05, 4.69) is 10.5 Å². The van der Waals surface area contributed by atoms with Crippen LogP contribution in [-0.4, -0.2) is 53.4 Å². The third-order valence-electron chi connectivity index (χ3n) is 1.27. The monoisotopic (exact) mass is 251 g/mol. The van der Waals surface area contributed by atoms with Gasteiger partial charge in [0, 0.05) is 0 Å². The van der Waals surface area contributed by atoms with Crippen molar-refractivity contribution in [2.75, 3.05) is 13.2 Å². The van der Waals surface area contributed by atoms with Crippen LogP contribution < -0.4 is 17.2 Å². The van der Waals surface area contributed by atoms with Crippen molar-refractivity contribution in [3.63, 3.8) is 0 Å². The fourth-order valence-corrected chi connectivity index (χ4v) is 0.375. The van der Waals surface area contributed by atoms with Crippen molar-refractivity contribution in [2.45, 2.75) is 19.0 Å². The summed E-state index contributed by atoms with van der Waals surface area (Å²) in [6, 6.07) is -1.95. The van der Waals surface area contributed by atoms with Crippen LogP contribution >= 0.6 is 0 Å². The van der Waals surface area contributed by atoms with Gasteiger partial charge in [0.25, 0.3) is 0 Å². The number of hydrogen-bond acceptors (Lipinski definition) is 7. The van der Waals surface area contributed by atoms with Crippen LogP contribution in [0.2, 0.25) is 0 Å². The van der Waals surface area contributed by atoms with Gasteiger partial charge < -0.3 is 32.2 Å². The molecular formula is C8H17N3O6. The zero-order valence-corrected chi connectivity index (χ0v) is 9.33. The number of esters is 1. The van der Waals surface area contributed by atoms with Crippen molar-refractivity contribution in [1.29, 1.82) is 0 Å². The Balaban J connectivity index is 0. The molecular weight excluding hydrogens is 234 g/mol. The van der Waals surface area contributed by atoms with Crippen LogP contribution in [0.1, 0.15) is 6.92 Å². The lowest BCUT2D eigenvalue weighted by molar-refractivity contribution is -0.148. The van der Waals surface area contributed by atoms with Gasteiger partial charge in [-0.2, -0.15) is 0 Å². The molecule has 0 aliphatic rings. The number of nitrogens with two attached hydrogens (primary N) is 3. The van der Waals surface area contributed by atoms with Crippen molar-refractivity contribution in [3.8, 4) is 0 Å². The normalized spacial score (nSPS) is 12.7. The molecule has 0 aliphatic carbocycles. The van der Waals surface area contributed by atoms with Crippen LogP contribution in [0.25, 0.3) is 0 Å². The molecule has 0 saturated carbocycles. The number of aliphatic carboxylic acids is 2. The van der Waals surface area contributed by atoms with Gasteiger partial charge in [0.1, 0.15) is 18.7 Å². The Hall–Kier alpha value is -1.71. The number of carboxylic acid groups (broad SMARTS) is 2. The molecule has 0 radical (unpaired) electrons. The highest BCUT2D eigenvalue weighted by Gasteiger charge is 2.15. The van der Waals surface area contributed by atoms with Gasteiger partial charge in [-0.05, 0) is 6.92 Å². The number of carbonyl (C=O) groups is 3. The average molecular weight is 251 g/mol. The van der Waals surface area contributed by atoms with Gasteiger partial charge >= 0.3 is 17.9 Å². The summed E-state index contributed by atoms with van der Waals surface area (Å²) in [7, 11) is 0. The van der Waals surface area contributed by atoms with Crippen molar-refractivity contribution < 1.29 is 29.3 Å². The predicted octanol–water partition coefficient (Wildman–Crippen LogP) is -2.68. The third-order valence-corrected chi connectivity index (χ3v) is 1.27. The van der Waals surface area contributed by atoms with Crippen molar-refractivity contribution in [1.82, 2.24) is 0 Å². The zero-order valence-electron chi connectivity index (χ0n) is 9.33. The van der Waals surface area contributed by atoms with Crippen LogP contribution in [0.4, 0.5) is 0 Å². The maximum atomic E-state index is 10.7. The molecule has 0 bridgehead atoms. The fraction of sp³-hybridized carbons (Fsp3) is 0.625. The second-order valence-corrected chi connectivity index (χ2v) is 2.96. The second-order valence-electron chi connectivity index (χ2n) is 2.96. The first kappa shape index (κ1) is 17.7. The standard InChI is InChI=1S/C6H12N2O4.C2H5NO2/c1-3(7)6(11)12-2-4(8)5(9)10;3-1-2(4)5/h3-4H,2,7-8H2,1H3,(H,9,10);1,3H2,(H,4,5)/t3-,4-;/m1./s1. The smallest absolute Gasteiger partial charge is 0.324 e. The van der Waals surface area contributed by atoms with Gasteiger partial charge in [-0.3, -0.25) is 14.4 Å². The molecule has 17 heavy (non-hydrogen) atoms. The SMILES string of the molecule is C[C@@H](N)C(=O)OC[C@@H](N)C(=O)O.NCC(=O)O. The maximum Gasteiger partial charge on any atom is 0.324 e. The molecule has 2 atom stereocenters. The fourth-order valence-electron chi connectivity index (χ4n) is 0.375. The third kappa shape index (κ3) is 12.2. The molecule has 0 amide bonds. The molecule has 9 nitrogen and oxygen atoms in total. The number of hydrogen-bond donors (Lipinski definition) is 5. The van der Waals surface area contributed by atoms with Gasteiger partial charge in [0.05, 0.1) is 6.54 Å². The van der Waals surface area contributed by atoms with Gasteiger partial charge in [-0.15, -0.1) is 0 Å². The van der Waals surface area contributed by atoms with Crippen LogP contribution in [-0.2, 0) is 19.1 Å². The average Bonchev–Trinajstić information content (AvgIpc) is 2.25. The Morgan fingerprint density at radius 3 is 1.88 bits per heavy atom. The minimum Gasteiger partial charge on any atom is -0.480 e. The lowest BCUT2D eigenvalue weighted by Crippen LogP contribution is -2.38. The summed E-state index contributed by atoms with van der Waals surface area (Å²) >= 11 is 0. The van der Waals surface area contributed by atoms with Crippen LogP contribution in [0.15, 0.2) is 0 Å². The molecule has 0 heterocycles. The molecule has 0 aromatic heterocycles. The largest absolute Gasteiger partial charge is 0.480 e. The van der Waals surface area contributed by atoms with E-state index in [-0.39, 0.29) is 13.2 Å². The zero-order chi connectivity index (χ0) is 14.0. The molecule has 0 spiro atoms. The molecule has 9 heteroatoms. The predicted molar refractivity (Wildman–Crippen MR) is 56.9 cm³/mol. The maximum absolute atomic E-state index is 10.7. The van der Waals surface area contributed by atoms with Crippen LogP contribution in [0.3, 0.4) is 0 Å². The summed E-state index contributed by atoms with van der Waals surface area (Å²) in [6.07, 6.45) is 0. The van der Waals surface area contributed by atoms with E-state index in [9.17, 15) is 14.4 Å². The Morgan fingerprint density at radius 2 is 1.65 bits per heavy atom. The van der Waals surface area contributed by atoms with E-state index in [1.165, 1.54) is 6.92 Å². The number of carbonyl (C=O) groups excluding carboxylic acids is 1. The molecule has 0 aromatic rings. The molecule has 0 rings (SSSR count). The summed E-state index contributed by atoms with van der Waals surface area (Å²) in [6.45, 7) is 0.810. The van der Waals surface area contributed by atoms with Crippen molar-refractivity contribution in [2.24, 2.45) is 17.2 Å². The highest BCUT2D eigenvalue weighted by Crippen LogP contribution is 1.86. The molecule has 0 fully saturated rings. The Labute approximate surface area is 97.5 Å². The number of carboxylic acids is 2. The summed E-state index contributed by atoms with van der Waals surface area (Å²) in [5, 5.41) is 15.9. The van der Waals surface area contributed by atoms with Crippen molar-refractivity contribution in [3.05, 3.63) is 0 Å². The van der Waals surface area contributed by atoms with E-state index in [1.807, 2.05) is 0 Å². The Morgan fingerprint density at radius 1 is 1.24 bits per heavy atom. The molecule has 0 aliphatic heterocycles. The lowest BCUT2D eigenvalue weighted by atomic mass is 10.3. The first-order chi connectivity index (χ1) is 7.72. The van der Waals surface area contributed by atoms with Gasteiger partial charge in [0.15, 0.2) is 0 Å². The highest BCUT2D eigenvalue weighted by molar-refractivity contribution is 5.76. The van der Waals surface area contributed by atoms with E-state index in [1.54, 1.807) is 0 Å². The molecule has 100 valence electrons. The first-order valence-corrected chi connectivity index (χ1v) is 4.54. The molecule has 0 saturated heterocycles. The van der Waals surface area contributed by atoms with Crippen LogP contribution in [0.5, 0.6) is 0 Å². The summed E-state index contributed by atoms with van der Waals surface area (Å²) < 4.78 is 4.46. The molecule has 0 unspecified atom stereocenters. The van der Waals surface area contributed by atoms with Crippen molar-refractivity contribution >= 4 is 17.9 Å². The minimum absolute atomic E-state index is 0.278. The van der Waals surface area contributed by atoms with Crippen LogP contribution in [0, 0.1) is 0 Å². The molecule has 8 N–H and O–H groups in total. The van der Waals surface area contributed by atoms with E-state index >= 15 is 0 Å². The first-order valence-electron chi connectivity index (χ1n) is 4.54. The Bertz CT molecular complexity index is 268. The van der Waals surface area contributed by atoms with E-state index in [0.29, 0.717) is 0 Å². The van der Waals surface area contributed by atoms with E-state index < -0.39 is 30.0 Å². The summed E-state index contributed by atoms with van der Waals surface area (Å²) in [5.74, 6) is -2.84. The highest BCUT2D eigenvalue weighted by atomic mass is 16.5. The summed E-state index contributed by atoms with van der Waals surface area (Å²) in [4.78, 5) is 30.1. The number of rotatable bonds is 5. The van der Waals surface area contributed by atoms with E-state index in [4.69, 9.17) is 21.7 Å². The lowest BCUT2D eigenvalue weighted by Gasteiger charge is -2.09. The van der Waals surface area contributed by atoms with Gasteiger partial charge in [0.2, 0.25) is 0 Å². The van der Waals surface area contributed by atoms with Gasteiger partial charge in [-0.25, -0.2) is 0 Å². The summed E-state index contributed by atoms with van der Waals surface area (Å²) in [5.41, 5.74) is 14.8. The minimum atomic E-state index is -1.22.